The van der Waals surface area contributed by atoms with Gasteiger partial charge in [-0.05, 0) is 46.0 Å². The Balaban J connectivity index is 2.91. The number of hydrogen-bond donors (Lipinski definition) is 0. The minimum absolute atomic E-state index is 0.343. The Hall–Kier alpha value is -0.278. The van der Waals surface area contributed by atoms with Crippen LogP contribution in [0.3, 0.4) is 0 Å². The molecule has 0 atom stereocenters. The number of allylic oxidation sites excluding steroid dienone is 1. The molecule has 1 aliphatic rings. The Morgan fingerprint density at radius 1 is 1.25 bits per heavy atom. The van der Waals surface area contributed by atoms with Gasteiger partial charge in [0, 0.05) is 6.42 Å². The fourth-order valence-corrected chi connectivity index (χ4v) is 3.65. The van der Waals surface area contributed by atoms with Gasteiger partial charge in [0.15, 0.2) is 7.38 Å². The van der Waals surface area contributed by atoms with Gasteiger partial charge < -0.3 is 9.31 Å². The summed E-state index contributed by atoms with van der Waals surface area (Å²) in [4.78, 5) is 0. The van der Waals surface area contributed by atoms with Gasteiger partial charge in [-0.15, -0.1) is 0 Å². The molecule has 0 amide bonds. The van der Waals surface area contributed by atoms with E-state index in [1.807, 2.05) is 27.7 Å². The summed E-state index contributed by atoms with van der Waals surface area (Å²) in [6.07, 6.45) is 2.16. The Bertz CT molecular complexity index is 408. The molecule has 1 saturated heterocycles. The molecule has 1 heterocycles. The van der Waals surface area contributed by atoms with Crippen molar-refractivity contribution in [3.8, 4) is 6.07 Å². The van der Waals surface area contributed by atoms with Crippen LogP contribution in [0.1, 0.15) is 47.0 Å². The summed E-state index contributed by atoms with van der Waals surface area (Å²) in [6.45, 7) is 12.3. The summed E-state index contributed by atoms with van der Waals surface area (Å²) in [6, 6.07) is 2.18. The van der Waals surface area contributed by atoms with E-state index in [0.29, 0.717) is 6.42 Å². The van der Waals surface area contributed by atoms with Crippen LogP contribution in [0.4, 0.5) is 0 Å². The van der Waals surface area contributed by atoms with Crippen molar-refractivity contribution in [2.75, 3.05) is 0 Å². The maximum Gasteiger partial charge on any atom is 0.489 e. The average molecular weight is 314 g/mol. The van der Waals surface area contributed by atoms with Crippen LogP contribution in [-0.4, -0.2) is 25.7 Å². The van der Waals surface area contributed by atoms with E-state index in [9.17, 15) is 0 Å². The summed E-state index contributed by atoms with van der Waals surface area (Å²) in [5.74, 6) is 0. The van der Waals surface area contributed by atoms with E-state index in [4.69, 9.17) is 25.6 Å². The van der Waals surface area contributed by atoms with Gasteiger partial charge >= 0.3 is 7.12 Å². The Kier molecular flexibility index (Phi) is 5.54. The van der Waals surface area contributed by atoms with E-state index in [-0.39, 0.29) is 18.3 Å². The molecule has 0 aromatic heterocycles. The highest BCUT2D eigenvalue weighted by Gasteiger charge is 2.52. The molecule has 0 N–H and O–H groups in total. The van der Waals surface area contributed by atoms with Crippen molar-refractivity contribution in [2.24, 2.45) is 0 Å². The molecule has 1 rings (SSSR count). The number of rotatable bonds is 5. The predicted octanol–water partition coefficient (Wildman–Crippen LogP) is 4.22. The highest BCUT2D eigenvalue weighted by Crippen LogP contribution is 2.39. The molecule has 3 nitrogen and oxygen atoms in total. The summed E-state index contributed by atoms with van der Waals surface area (Å²) in [5.41, 5.74) is 2.53. The number of hydrogen-bond acceptors (Lipinski definition) is 3. The molecular formula is C14H25BClNO2Si. The van der Waals surface area contributed by atoms with Crippen molar-refractivity contribution in [1.29, 1.82) is 5.26 Å². The minimum atomic E-state index is -1.87. The first-order valence-electron chi connectivity index (χ1n) is 7.12. The summed E-state index contributed by atoms with van der Waals surface area (Å²) in [7, 11) is -2.22. The maximum atomic E-state index is 8.69. The molecule has 112 valence electrons. The fraction of sp³-hybridized carbons (Fsp3) is 0.786. The van der Waals surface area contributed by atoms with Crippen LogP contribution in [0.2, 0.25) is 13.1 Å². The van der Waals surface area contributed by atoms with E-state index in [1.54, 1.807) is 0 Å². The Morgan fingerprint density at radius 2 is 1.75 bits per heavy atom. The van der Waals surface area contributed by atoms with Crippen molar-refractivity contribution >= 4 is 25.6 Å². The third kappa shape index (κ3) is 4.63. The second kappa shape index (κ2) is 6.23. The largest absolute Gasteiger partial charge is 0.489 e. The third-order valence-corrected chi connectivity index (χ3v) is 5.22. The van der Waals surface area contributed by atoms with Gasteiger partial charge in [-0.25, -0.2) is 0 Å². The quantitative estimate of drug-likeness (QED) is 0.433. The Morgan fingerprint density at radius 3 is 2.15 bits per heavy atom. The van der Waals surface area contributed by atoms with E-state index in [0.717, 1.165) is 18.3 Å². The van der Waals surface area contributed by atoms with Crippen LogP contribution in [0.25, 0.3) is 0 Å². The first-order chi connectivity index (χ1) is 8.98. The van der Waals surface area contributed by atoms with Gasteiger partial charge in [0.1, 0.15) is 0 Å². The molecule has 0 aromatic carbocycles. The standard InChI is InChI=1S/C14H25BClNO2Si/c1-13(2)14(3,4)19-15(18-13)12(9-7-8-10-17)11-20(5,6)16/h11H,7-9H2,1-6H3/b12-11-. The van der Waals surface area contributed by atoms with Crippen molar-refractivity contribution in [3.63, 3.8) is 0 Å². The Labute approximate surface area is 129 Å². The van der Waals surface area contributed by atoms with E-state index in [1.165, 1.54) is 0 Å². The lowest BCUT2D eigenvalue weighted by Gasteiger charge is -2.32. The van der Waals surface area contributed by atoms with Gasteiger partial charge in [0.2, 0.25) is 0 Å². The highest BCUT2D eigenvalue weighted by molar-refractivity contribution is 7.22. The average Bonchev–Trinajstić information content (AvgIpc) is 2.45. The zero-order chi connectivity index (χ0) is 15.6. The molecule has 1 fully saturated rings. The van der Waals surface area contributed by atoms with Crippen molar-refractivity contribution < 1.29 is 9.31 Å². The summed E-state index contributed by atoms with van der Waals surface area (Å²) < 4.78 is 12.2. The molecule has 20 heavy (non-hydrogen) atoms. The molecule has 0 saturated carbocycles. The minimum Gasteiger partial charge on any atom is -0.400 e. The van der Waals surface area contributed by atoms with E-state index >= 15 is 0 Å². The molecular weight excluding hydrogens is 289 g/mol. The molecule has 0 bridgehead atoms. The van der Waals surface area contributed by atoms with Crippen LogP contribution in [-0.2, 0) is 9.31 Å². The summed E-state index contributed by atoms with van der Waals surface area (Å²) in [5, 5.41) is 8.69. The van der Waals surface area contributed by atoms with Gasteiger partial charge in [0.05, 0.1) is 17.3 Å². The lowest BCUT2D eigenvalue weighted by atomic mass is 9.76. The zero-order valence-corrected chi connectivity index (χ0v) is 15.2. The van der Waals surface area contributed by atoms with Crippen LogP contribution < -0.4 is 0 Å². The second-order valence-electron chi connectivity index (χ2n) is 6.88. The second-order valence-corrected chi connectivity index (χ2v) is 13.2. The number of halogens is 1. The van der Waals surface area contributed by atoms with Crippen LogP contribution in [0.15, 0.2) is 11.2 Å². The van der Waals surface area contributed by atoms with Crippen LogP contribution in [0.5, 0.6) is 0 Å². The van der Waals surface area contributed by atoms with Gasteiger partial charge in [-0.2, -0.15) is 16.3 Å². The lowest BCUT2D eigenvalue weighted by molar-refractivity contribution is 0.00578. The molecule has 1 aliphatic heterocycles. The number of nitriles is 1. The van der Waals surface area contributed by atoms with Gasteiger partial charge in [-0.3, -0.25) is 0 Å². The molecule has 0 radical (unpaired) electrons. The van der Waals surface area contributed by atoms with Gasteiger partial charge in [-0.1, -0.05) is 18.8 Å². The van der Waals surface area contributed by atoms with Crippen molar-refractivity contribution in [3.05, 3.63) is 11.2 Å². The molecule has 0 spiro atoms. The van der Waals surface area contributed by atoms with Crippen molar-refractivity contribution in [1.82, 2.24) is 0 Å². The van der Waals surface area contributed by atoms with E-state index < -0.39 is 7.38 Å². The topological polar surface area (TPSA) is 42.2 Å². The summed E-state index contributed by atoms with van der Waals surface area (Å²) >= 11 is 6.45. The fourth-order valence-electron chi connectivity index (χ4n) is 2.06. The molecule has 0 aromatic rings. The van der Waals surface area contributed by atoms with Crippen LogP contribution >= 0.6 is 11.1 Å². The smallest absolute Gasteiger partial charge is 0.400 e. The monoisotopic (exact) mass is 313 g/mol. The molecule has 6 heteroatoms. The normalized spacial score (nSPS) is 21.9. The SMILES string of the molecule is CC1(C)OB(/C(=C\[Si](C)(C)Cl)CCCC#N)OC1(C)C. The third-order valence-electron chi connectivity index (χ3n) is 3.84. The van der Waals surface area contributed by atoms with Gasteiger partial charge in [0.25, 0.3) is 0 Å². The predicted molar refractivity (Wildman–Crippen MR) is 87.0 cm³/mol. The zero-order valence-electron chi connectivity index (χ0n) is 13.4. The van der Waals surface area contributed by atoms with Crippen molar-refractivity contribution in [2.45, 2.75) is 71.3 Å². The van der Waals surface area contributed by atoms with E-state index in [2.05, 4.69) is 24.9 Å². The first-order valence-corrected chi connectivity index (χ1v) is 11.2. The molecule has 0 unspecified atom stereocenters. The number of unbranched alkanes of at least 4 members (excludes halogenated alkanes) is 1. The lowest BCUT2D eigenvalue weighted by Crippen LogP contribution is -2.41. The maximum absolute atomic E-state index is 8.69. The number of nitrogens with zero attached hydrogens (tertiary/aromatic N) is 1. The molecule has 0 aliphatic carbocycles. The highest BCUT2D eigenvalue weighted by atomic mass is 35.6. The van der Waals surface area contributed by atoms with Crippen LogP contribution in [0, 0.1) is 11.3 Å². The first kappa shape index (κ1) is 17.8.